The Morgan fingerprint density at radius 3 is 1.36 bits per heavy atom. The third-order valence-electron chi connectivity index (χ3n) is 11.2. The largest absolute Gasteiger partial charge is 0.477 e. The molecule has 8 nitrogen and oxygen atoms in total. The van der Waals surface area contributed by atoms with Crippen LogP contribution < -0.4 is 0 Å². The summed E-state index contributed by atoms with van der Waals surface area (Å²) in [5, 5.41) is 9.64. The summed E-state index contributed by atoms with van der Waals surface area (Å²) in [6.45, 7) is 4.64. The Morgan fingerprint density at radius 2 is 0.918 bits per heavy atom. The molecule has 0 heterocycles. The third kappa shape index (κ3) is 42.4. The number of aliphatic carboxylic acids is 1. The summed E-state index contributed by atoms with van der Waals surface area (Å²) in [6, 6.07) is -0.614. The van der Waals surface area contributed by atoms with Crippen molar-refractivity contribution < 1.29 is 38.2 Å². The lowest BCUT2D eigenvalue weighted by molar-refractivity contribution is -0.887. The van der Waals surface area contributed by atoms with Gasteiger partial charge in [0.1, 0.15) is 6.61 Å². The lowest BCUT2D eigenvalue weighted by Gasteiger charge is -2.31. The highest BCUT2D eigenvalue weighted by Crippen LogP contribution is 2.16. The number of unbranched alkanes of at least 4 members (excludes halogenated alkanes) is 23. The quantitative estimate of drug-likeness (QED) is 0.0282. The first-order valence-corrected chi connectivity index (χ1v) is 25.2. The molecule has 2 atom stereocenters. The average Bonchev–Trinajstić information content (AvgIpc) is 3.22. The van der Waals surface area contributed by atoms with Crippen molar-refractivity contribution in [3.63, 3.8) is 0 Å². The van der Waals surface area contributed by atoms with Gasteiger partial charge in [-0.2, -0.15) is 0 Å². The number of quaternary nitrogens is 1. The number of carbonyl (C=O) groups is 3. The summed E-state index contributed by atoms with van der Waals surface area (Å²) in [5.74, 6) is -1.46. The topological polar surface area (TPSA) is 99.1 Å². The highest BCUT2D eigenvalue weighted by atomic mass is 16.6. The number of ether oxygens (including phenoxy) is 3. The van der Waals surface area contributed by atoms with Gasteiger partial charge < -0.3 is 23.8 Å². The molecular formula is C53H96NO7+. The molecule has 0 rings (SSSR count). The SMILES string of the molecule is CC/C=C/C/C=C/C/C=C/C/C=C/CCCCCCCCCCCCC(=O)OCC(COCCC(C(=O)O)[N+](C)(C)C)OC(=O)CCCCCCCCCCCCCCCC. The summed E-state index contributed by atoms with van der Waals surface area (Å²) in [6.07, 6.45) is 53.0. The van der Waals surface area contributed by atoms with Gasteiger partial charge in [0.2, 0.25) is 0 Å². The number of carboxylic acids is 1. The molecule has 1 N–H and O–H groups in total. The highest BCUT2D eigenvalue weighted by molar-refractivity contribution is 5.72. The third-order valence-corrected chi connectivity index (χ3v) is 11.2. The van der Waals surface area contributed by atoms with Crippen LogP contribution in [0, 0.1) is 0 Å². The first-order valence-electron chi connectivity index (χ1n) is 25.2. The van der Waals surface area contributed by atoms with Crippen molar-refractivity contribution in [2.45, 2.75) is 231 Å². The van der Waals surface area contributed by atoms with E-state index in [1.165, 1.54) is 122 Å². The Morgan fingerprint density at radius 1 is 0.508 bits per heavy atom. The van der Waals surface area contributed by atoms with Gasteiger partial charge in [0.25, 0.3) is 0 Å². The van der Waals surface area contributed by atoms with Gasteiger partial charge in [-0.05, 0) is 51.4 Å². The number of allylic oxidation sites excluding steroid dienone is 8. The number of esters is 2. The van der Waals surface area contributed by atoms with Crippen LogP contribution in [0.2, 0.25) is 0 Å². The molecular weight excluding hydrogens is 763 g/mol. The van der Waals surface area contributed by atoms with E-state index in [1.807, 2.05) is 21.1 Å². The van der Waals surface area contributed by atoms with Gasteiger partial charge in [-0.15, -0.1) is 0 Å². The maximum atomic E-state index is 12.8. The summed E-state index contributed by atoms with van der Waals surface area (Å²) in [7, 11) is 5.54. The first kappa shape index (κ1) is 58.3. The van der Waals surface area contributed by atoms with E-state index in [1.54, 1.807) is 0 Å². The lowest BCUT2D eigenvalue weighted by Crippen LogP contribution is -2.50. The number of carbonyl (C=O) groups excluding carboxylic acids is 2. The molecule has 0 radical (unpaired) electrons. The molecule has 0 spiro atoms. The van der Waals surface area contributed by atoms with Crippen molar-refractivity contribution >= 4 is 17.9 Å². The standard InChI is InChI=1S/C53H95NO7/c1-6-8-10-12-14-16-18-20-22-23-24-25-26-27-28-29-30-32-33-35-37-39-41-43-51(55)60-48-49(47-59-46-45-50(53(57)58)54(3,4)5)61-52(56)44-42-40-38-36-34-31-21-19-17-15-13-11-9-7-2/h8,10,14,16,20,22,24-25,49-50H,6-7,9,11-13,15,17-19,21,23,26-48H2,1-5H3/p+1/b10-8+,16-14+,22-20+,25-24+. The molecule has 0 aliphatic rings. The molecule has 0 amide bonds. The first-order chi connectivity index (χ1) is 29.6. The van der Waals surface area contributed by atoms with Crippen molar-refractivity contribution in [3.05, 3.63) is 48.6 Å². The van der Waals surface area contributed by atoms with E-state index in [9.17, 15) is 19.5 Å². The van der Waals surface area contributed by atoms with E-state index < -0.39 is 18.1 Å². The van der Waals surface area contributed by atoms with Crippen LogP contribution in [-0.2, 0) is 28.6 Å². The molecule has 0 aromatic heterocycles. The normalized spacial score (nSPS) is 13.3. The second-order valence-corrected chi connectivity index (χ2v) is 18.1. The number of hydrogen-bond acceptors (Lipinski definition) is 6. The predicted octanol–water partition coefficient (Wildman–Crippen LogP) is 14.4. The molecule has 0 aromatic carbocycles. The van der Waals surface area contributed by atoms with E-state index in [4.69, 9.17) is 14.2 Å². The monoisotopic (exact) mass is 859 g/mol. The Balaban J connectivity index is 4.20. The molecule has 0 aromatic rings. The fourth-order valence-electron chi connectivity index (χ4n) is 7.38. The van der Waals surface area contributed by atoms with Crippen LogP contribution in [0.1, 0.15) is 219 Å². The molecule has 61 heavy (non-hydrogen) atoms. The van der Waals surface area contributed by atoms with E-state index in [-0.39, 0.29) is 36.2 Å². The zero-order valence-electron chi connectivity index (χ0n) is 40.4. The minimum atomic E-state index is -0.874. The Hall–Kier alpha value is -2.71. The van der Waals surface area contributed by atoms with E-state index >= 15 is 0 Å². The van der Waals surface area contributed by atoms with E-state index in [0.717, 1.165) is 64.2 Å². The van der Waals surface area contributed by atoms with Crippen LogP contribution in [0.3, 0.4) is 0 Å². The fourth-order valence-corrected chi connectivity index (χ4v) is 7.38. The summed E-state index contributed by atoms with van der Waals surface area (Å²) in [5.41, 5.74) is 0. The fraction of sp³-hybridized carbons (Fsp3) is 0.792. The molecule has 2 unspecified atom stereocenters. The van der Waals surface area contributed by atoms with Crippen molar-refractivity contribution in [2.24, 2.45) is 0 Å². The Kier molecular flexibility index (Phi) is 42.0. The zero-order valence-corrected chi connectivity index (χ0v) is 40.4. The van der Waals surface area contributed by atoms with Crippen LogP contribution in [0.5, 0.6) is 0 Å². The second-order valence-electron chi connectivity index (χ2n) is 18.1. The van der Waals surface area contributed by atoms with Crippen LogP contribution in [0.4, 0.5) is 0 Å². The van der Waals surface area contributed by atoms with Gasteiger partial charge in [-0.1, -0.05) is 197 Å². The maximum absolute atomic E-state index is 12.8. The van der Waals surface area contributed by atoms with Crippen LogP contribution in [0.25, 0.3) is 0 Å². The van der Waals surface area contributed by atoms with Crippen LogP contribution in [0.15, 0.2) is 48.6 Å². The average molecular weight is 859 g/mol. The molecule has 0 aliphatic carbocycles. The number of hydrogen-bond donors (Lipinski definition) is 1. The number of likely N-dealkylation sites (N-methyl/N-ethyl adjacent to an activating group) is 1. The molecule has 0 aliphatic heterocycles. The van der Waals surface area contributed by atoms with Crippen LogP contribution >= 0.6 is 0 Å². The lowest BCUT2D eigenvalue weighted by atomic mass is 10.0. The van der Waals surface area contributed by atoms with Gasteiger partial charge in [-0.3, -0.25) is 9.59 Å². The molecule has 0 bridgehead atoms. The highest BCUT2D eigenvalue weighted by Gasteiger charge is 2.31. The molecule has 0 saturated carbocycles. The number of nitrogens with zero attached hydrogens (tertiary/aromatic N) is 1. The number of carboxylic acid groups (broad SMARTS) is 1. The number of rotatable bonds is 45. The molecule has 8 heteroatoms. The predicted molar refractivity (Wildman–Crippen MR) is 257 cm³/mol. The van der Waals surface area contributed by atoms with Crippen molar-refractivity contribution in [1.82, 2.24) is 0 Å². The minimum Gasteiger partial charge on any atom is -0.477 e. The van der Waals surface area contributed by atoms with E-state index in [0.29, 0.717) is 19.3 Å². The minimum absolute atomic E-state index is 0.0511. The van der Waals surface area contributed by atoms with Gasteiger partial charge in [0, 0.05) is 19.3 Å². The summed E-state index contributed by atoms with van der Waals surface area (Å²) < 4.78 is 17.3. The smallest absolute Gasteiger partial charge is 0.362 e. The van der Waals surface area contributed by atoms with Gasteiger partial charge in [0.15, 0.2) is 12.1 Å². The van der Waals surface area contributed by atoms with Gasteiger partial charge in [0.05, 0.1) is 34.4 Å². The van der Waals surface area contributed by atoms with Crippen molar-refractivity contribution in [2.75, 3.05) is 41.0 Å². The van der Waals surface area contributed by atoms with Gasteiger partial charge >= 0.3 is 17.9 Å². The maximum Gasteiger partial charge on any atom is 0.362 e. The summed E-state index contributed by atoms with van der Waals surface area (Å²) in [4.78, 5) is 37.1. The van der Waals surface area contributed by atoms with Gasteiger partial charge in [-0.25, -0.2) is 4.79 Å². The molecule has 0 fully saturated rings. The zero-order chi connectivity index (χ0) is 44.9. The van der Waals surface area contributed by atoms with Crippen molar-refractivity contribution in [1.29, 1.82) is 0 Å². The molecule has 354 valence electrons. The Labute approximate surface area is 376 Å². The summed E-state index contributed by atoms with van der Waals surface area (Å²) >= 11 is 0. The molecule has 0 saturated heterocycles. The second kappa shape index (κ2) is 43.9. The van der Waals surface area contributed by atoms with E-state index in [2.05, 4.69) is 62.5 Å². The van der Waals surface area contributed by atoms with Crippen LogP contribution in [-0.4, -0.2) is 80.6 Å². The van der Waals surface area contributed by atoms with Crippen molar-refractivity contribution in [3.8, 4) is 0 Å². The Bertz CT molecular complexity index is 1140.